The minimum atomic E-state index is -0.293. The third-order valence-corrected chi connectivity index (χ3v) is 3.95. The van der Waals surface area contributed by atoms with Crippen LogP contribution in [0.25, 0.3) is 0 Å². The molecule has 106 valence electrons. The fraction of sp³-hybridized carbons (Fsp3) is 0.562. The summed E-state index contributed by atoms with van der Waals surface area (Å²) in [5, 5.41) is 0.555. The summed E-state index contributed by atoms with van der Waals surface area (Å²) >= 11 is 5.83. The molecule has 0 aliphatic carbocycles. The summed E-state index contributed by atoms with van der Waals surface area (Å²) in [6, 6.07) is 6.84. The van der Waals surface area contributed by atoms with Gasteiger partial charge in [-0.1, -0.05) is 44.9 Å². The highest BCUT2D eigenvalue weighted by atomic mass is 35.5. The largest absolute Gasteiger partial charge is 0.462 e. The third kappa shape index (κ3) is 5.65. The zero-order valence-corrected chi connectivity index (χ0v) is 12.7. The highest BCUT2D eigenvalue weighted by Gasteiger charge is 2.11. The number of hydrogen-bond donors (Lipinski definition) is 0. The lowest BCUT2D eigenvalue weighted by Crippen LogP contribution is -2.10. The molecule has 0 aliphatic heterocycles. The van der Waals surface area contributed by atoms with Crippen LogP contribution < -0.4 is 0 Å². The second kappa shape index (κ2) is 8.21. The maximum absolute atomic E-state index is 11.8. The van der Waals surface area contributed by atoms with E-state index < -0.39 is 0 Å². The predicted octanol–water partition coefficient (Wildman–Crippen LogP) is 4.96. The lowest BCUT2D eigenvalue weighted by atomic mass is 9.90. The van der Waals surface area contributed by atoms with Crippen LogP contribution in [-0.2, 0) is 4.74 Å². The van der Waals surface area contributed by atoms with Crippen molar-refractivity contribution in [1.82, 2.24) is 0 Å². The van der Waals surface area contributed by atoms with Crippen LogP contribution in [0.15, 0.2) is 24.3 Å². The molecule has 0 saturated heterocycles. The molecular weight excluding hydrogens is 260 g/mol. The molecule has 0 fully saturated rings. The van der Waals surface area contributed by atoms with Crippen molar-refractivity contribution in [3.63, 3.8) is 0 Å². The maximum atomic E-state index is 11.8. The van der Waals surface area contributed by atoms with E-state index in [1.165, 1.54) is 6.42 Å². The van der Waals surface area contributed by atoms with E-state index in [9.17, 15) is 4.79 Å². The number of esters is 1. The van der Waals surface area contributed by atoms with Gasteiger partial charge in [-0.05, 0) is 42.9 Å². The monoisotopic (exact) mass is 282 g/mol. The summed E-state index contributed by atoms with van der Waals surface area (Å²) in [6.45, 7) is 7.21. The maximum Gasteiger partial charge on any atom is 0.338 e. The van der Waals surface area contributed by atoms with Gasteiger partial charge in [-0.25, -0.2) is 4.79 Å². The number of hydrogen-bond acceptors (Lipinski definition) is 2. The SMILES string of the molecule is CCC(C)C(C)CCCOC(=O)c1cccc(Cl)c1. The minimum absolute atomic E-state index is 0.293. The quantitative estimate of drug-likeness (QED) is 0.522. The minimum Gasteiger partial charge on any atom is -0.462 e. The van der Waals surface area contributed by atoms with Crippen molar-refractivity contribution < 1.29 is 9.53 Å². The van der Waals surface area contributed by atoms with Gasteiger partial charge < -0.3 is 4.74 Å². The summed E-state index contributed by atoms with van der Waals surface area (Å²) in [6.07, 6.45) is 3.21. The molecule has 3 heteroatoms. The number of ether oxygens (including phenoxy) is 1. The summed E-state index contributed by atoms with van der Waals surface area (Å²) < 4.78 is 5.25. The van der Waals surface area contributed by atoms with Gasteiger partial charge in [0.1, 0.15) is 0 Å². The summed E-state index contributed by atoms with van der Waals surface area (Å²) in [5.41, 5.74) is 0.516. The van der Waals surface area contributed by atoms with Crippen LogP contribution in [0.4, 0.5) is 0 Å². The van der Waals surface area contributed by atoms with Gasteiger partial charge in [0, 0.05) is 5.02 Å². The Bertz CT molecular complexity index is 403. The molecule has 0 spiro atoms. The molecule has 2 nitrogen and oxygen atoms in total. The van der Waals surface area contributed by atoms with Crippen molar-refractivity contribution >= 4 is 17.6 Å². The van der Waals surface area contributed by atoms with Crippen molar-refractivity contribution in [1.29, 1.82) is 0 Å². The predicted molar refractivity (Wildman–Crippen MR) is 79.6 cm³/mol. The zero-order valence-electron chi connectivity index (χ0n) is 12.0. The van der Waals surface area contributed by atoms with Crippen LogP contribution in [0.1, 0.15) is 50.4 Å². The number of halogens is 1. The molecular formula is C16H23ClO2. The molecule has 0 aliphatic rings. The van der Waals surface area contributed by atoms with Crippen LogP contribution in [-0.4, -0.2) is 12.6 Å². The van der Waals surface area contributed by atoms with Gasteiger partial charge in [0.05, 0.1) is 12.2 Å². The van der Waals surface area contributed by atoms with Crippen LogP contribution in [0.5, 0.6) is 0 Å². The van der Waals surface area contributed by atoms with Crippen LogP contribution in [0.3, 0.4) is 0 Å². The molecule has 0 N–H and O–H groups in total. The Kier molecular flexibility index (Phi) is 6.93. The van der Waals surface area contributed by atoms with Crippen molar-refractivity contribution in [2.45, 2.75) is 40.0 Å². The van der Waals surface area contributed by atoms with Crippen molar-refractivity contribution in [3.8, 4) is 0 Å². The second-order valence-corrected chi connectivity index (χ2v) is 5.59. The van der Waals surface area contributed by atoms with Gasteiger partial charge in [-0.15, -0.1) is 0 Å². The van der Waals surface area contributed by atoms with E-state index in [2.05, 4.69) is 20.8 Å². The van der Waals surface area contributed by atoms with Gasteiger partial charge in [0.15, 0.2) is 0 Å². The topological polar surface area (TPSA) is 26.3 Å². The first-order chi connectivity index (χ1) is 9.04. The Morgan fingerprint density at radius 2 is 2.05 bits per heavy atom. The Morgan fingerprint density at radius 1 is 1.32 bits per heavy atom. The van der Waals surface area contributed by atoms with Gasteiger partial charge in [0.25, 0.3) is 0 Å². The molecule has 1 aromatic rings. The lowest BCUT2D eigenvalue weighted by molar-refractivity contribution is 0.0491. The van der Waals surface area contributed by atoms with Crippen molar-refractivity contribution in [2.24, 2.45) is 11.8 Å². The van der Waals surface area contributed by atoms with Gasteiger partial charge in [-0.3, -0.25) is 0 Å². The molecule has 0 bridgehead atoms. The van der Waals surface area contributed by atoms with E-state index >= 15 is 0 Å². The second-order valence-electron chi connectivity index (χ2n) is 5.15. The first-order valence-corrected chi connectivity index (χ1v) is 7.35. The van der Waals surface area contributed by atoms with Crippen LogP contribution in [0.2, 0.25) is 5.02 Å². The summed E-state index contributed by atoms with van der Waals surface area (Å²) in [7, 11) is 0. The van der Waals surface area contributed by atoms with Gasteiger partial charge >= 0.3 is 5.97 Å². The summed E-state index contributed by atoms with van der Waals surface area (Å²) in [5.74, 6) is 1.11. The third-order valence-electron chi connectivity index (χ3n) is 3.71. The summed E-state index contributed by atoms with van der Waals surface area (Å²) in [4.78, 5) is 11.8. The Hall–Kier alpha value is -1.02. The molecule has 2 atom stereocenters. The Labute approximate surface area is 121 Å². The van der Waals surface area contributed by atoms with Crippen LogP contribution in [0, 0.1) is 11.8 Å². The number of carbonyl (C=O) groups is 1. The van der Waals surface area contributed by atoms with E-state index in [4.69, 9.17) is 16.3 Å². The van der Waals surface area contributed by atoms with E-state index in [1.807, 2.05) is 0 Å². The standard InChI is InChI=1S/C16H23ClO2/c1-4-12(2)13(3)7-6-10-19-16(18)14-8-5-9-15(17)11-14/h5,8-9,11-13H,4,6-7,10H2,1-3H3. The molecule has 0 amide bonds. The van der Waals surface area contributed by atoms with E-state index in [0.29, 0.717) is 23.1 Å². The van der Waals surface area contributed by atoms with Crippen LogP contribution >= 0.6 is 11.6 Å². The smallest absolute Gasteiger partial charge is 0.338 e. The normalized spacial score (nSPS) is 13.9. The Morgan fingerprint density at radius 3 is 2.68 bits per heavy atom. The molecule has 1 aromatic carbocycles. The van der Waals surface area contributed by atoms with E-state index in [0.717, 1.165) is 18.8 Å². The lowest BCUT2D eigenvalue weighted by Gasteiger charge is -2.17. The molecule has 1 rings (SSSR count). The fourth-order valence-corrected chi connectivity index (χ4v) is 2.15. The molecule has 0 aromatic heterocycles. The number of carbonyl (C=O) groups excluding carboxylic acids is 1. The van der Waals surface area contributed by atoms with E-state index in [-0.39, 0.29) is 5.97 Å². The van der Waals surface area contributed by atoms with Gasteiger partial charge in [0.2, 0.25) is 0 Å². The molecule has 0 heterocycles. The average Bonchev–Trinajstić information content (AvgIpc) is 2.42. The van der Waals surface area contributed by atoms with Crippen molar-refractivity contribution in [2.75, 3.05) is 6.61 Å². The molecule has 2 unspecified atom stereocenters. The molecule has 0 saturated carbocycles. The first-order valence-electron chi connectivity index (χ1n) is 6.97. The molecule has 0 radical (unpaired) electrons. The number of rotatable bonds is 7. The number of benzene rings is 1. The average molecular weight is 283 g/mol. The van der Waals surface area contributed by atoms with Crippen molar-refractivity contribution in [3.05, 3.63) is 34.9 Å². The van der Waals surface area contributed by atoms with E-state index in [1.54, 1.807) is 24.3 Å². The first kappa shape index (κ1) is 16.0. The highest BCUT2D eigenvalue weighted by Crippen LogP contribution is 2.19. The Balaban J connectivity index is 2.28. The highest BCUT2D eigenvalue weighted by molar-refractivity contribution is 6.30. The van der Waals surface area contributed by atoms with Gasteiger partial charge in [-0.2, -0.15) is 0 Å². The molecule has 19 heavy (non-hydrogen) atoms. The zero-order chi connectivity index (χ0) is 14.3. The fourth-order valence-electron chi connectivity index (χ4n) is 1.96.